The van der Waals surface area contributed by atoms with Crippen LogP contribution in [0, 0.1) is 0 Å². The summed E-state index contributed by atoms with van der Waals surface area (Å²) in [6.07, 6.45) is 0.747. The highest BCUT2D eigenvalue weighted by molar-refractivity contribution is 9.10. The van der Waals surface area contributed by atoms with Crippen LogP contribution in [0.4, 0.5) is 5.69 Å². The molecule has 0 saturated heterocycles. The Morgan fingerprint density at radius 3 is 2.67 bits per heavy atom. The van der Waals surface area contributed by atoms with Crippen molar-refractivity contribution >= 4 is 50.8 Å². The number of rotatable bonds is 7. The largest absolute Gasteiger partial charge is 0.493 e. The Morgan fingerprint density at radius 1 is 1.17 bits per heavy atom. The van der Waals surface area contributed by atoms with Crippen LogP contribution in [0.25, 0.3) is 0 Å². The molecule has 24 heavy (non-hydrogen) atoms. The minimum atomic E-state index is -0.383. The Hall–Kier alpha value is -1.43. The highest BCUT2D eigenvalue weighted by atomic mass is 79.9. The molecule has 4 nitrogen and oxygen atoms in total. The molecule has 7 heteroatoms. The highest BCUT2D eigenvalue weighted by Gasteiger charge is 2.12. The number of anilines is 1. The molecule has 128 valence electrons. The smallest absolute Gasteiger partial charge is 0.340 e. The lowest BCUT2D eigenvalue weighted by Gasteiger charge is -2.12. The van der Waals surface area contributed by atoms with E-state index in [0.29, 0.717) is 34.5 Å². The average molecular weight is 433 g/mol. The van der Waals surface area contributed by atoms with Crippen molar-refractivity contribution in [3.63, 3.8) is 0 Å². The van der Waals surface area contributed by atoms with E-state index in [2.05, 4.69) is 21.2 Å². The first-order chi connectivity index (χ1) is 11.5. The summed E-state index contributed by atoms with van der Waals surface area (Å²) in [6.45, 7) is 1.15. The number of esters is 1. The second-order valence-electron chi connectivity index (χ2n) is 4.89. The maximum atomic E-state index is 11.8. The number of carbonyl (C=O) groups is 1. The third-order valence-corrected chi connectivity index (χ3v) is 4.42. The fraction of sp³-hybridized carbons (Fsp3) is 0.235. The molecule has 2 aromatic rings. The fourth-order valence-corrected chi connectivity index (χ4v) is 2.65. The first kappa shape index (κ1) is 18.9. The molecule has 0 aliphatic carbocycles. The Kier molecular flexibility index (Phi) is 7.21. The molecule has 0 fully saturated rings. The van der Waals surface area contributed by atoms with Crippen LogP contribution in [0.15, 0.2) is 40.9 Å². The predicted octanol–water partition coefficient (Wildman–Crippen LogP) is 5.42. The average Bonchev–Trinajstić information content (AvgIpc) is 2.58. The van der Waals surface area contributed by atoms with E-state index >= 15 is 0 Å². The van der Waals surface area contributed by atoms with Crippen molar-refractivity contribution < 1.29 is 14.3 Å². The summed E-state index contributed by atoms with van der Waals surface area (Å²) >= 11 is 15.1. The van der Waals surface area contributed by atoms with E-state index in [1.807, 2.05) is 12.1 Å². The molecule has 0 atom stereocenters. The summed E-state index contributed by atoms with van der Waals surface area (Å²) in [6, 6.07) is 10.6. The second-order valence-corrected chi connectivity index (χ2v) is 6.62. The minimum absolute atomic E-state index is 0.383. The van der Waals surface area contributed by atoms with E-state index in [9.17, 15) is 4.79 Å². The second kappa shape index (κ2) is 9.16. The van der Waals surface area contributed by atoms with E-state index < -0.39 is 0 Å². The Morgan fingerprint density at radius 2 is 1.96 bits per heavy atom. The van der Waals surface area contributed by atoms with Gasteiger partial charge in [0.1, 0.15) is 5.75 Å². The molecule has 0 aliphatic rings. The lowest BCUT2D eigenvalue weighted by molar-refractivity contribution is 0.0601. The highest BCUT2D eigenvalue weighted by Crippen LogP contribution is 2.26. The molecule has 1 N–H and O–H groups in total. The van der Waals surface area contributed by atoms with E-state index in [4.69, 9.17) is 32.7 Å². The van der Waals surface area contributed by atoms with Gasteiger partial charge in [0.2, 0.25) is 0 Å². The first-order valence-electron chi connectivity index (χ1n) is 7.21. The zero-order valence-electron chi connectivity index (χ0n) is 12.9. The Bertz CT molecular complexity index is 725. The van der Waals surface area contributed by atoms with Crippen LogP contribution in [-0.2, 0) is 4.74 Å². The minimum Gasteiger partial charge on any atom is -0.493 e. The van der Waals surface area contributed by atoms with Gasteiger partial charge in [0, 0.05) is 22.8 Å². The Balaban J connectivity index is 1.84. The van der Waals surface area contributed by atoms with Crippen molar-refractivity contribution in [2.45, 2.75) is 6.42 Å². The zero-order chi connectivity index (χ0) is 17.5. The first-order valence-corrected chi connectivity index (χ1v) is 8.75. The summed E-state index contributed by atoms with van der Waals surface area (Å²) < 4.78 is 11.2. The number of carbonyl (C=O) groups excluding carboxylic acids is 1. The number of nitrogens with one attached hydrogen (secondary N) is 1. The number of ether oxygens (including phenoxy) is 2. The molecule has 0 heterocycles. The molecule has 0 amide bonds. The molecule has 0 aliphatic heterocycles. The van der Waals surface area contributed by atoms with Crippen molar-refractivity contribution in [3.05, 3.63) is 56.5 Å². The predicted molar refractivity (Wildman–Crippen MR) is 101 cm³/mol. The van der Waals surface area contributed by atoms with Gasteiger partial charge < -0.3 is 14.8 Å². The van der Waals surface area contributed by atoms with Crippen LogP contribution in [0.5, 0.6) is 5.75 Å². The topological polar surface area (TPSA) is 47.6 Å². The lowest BCUT2D eigenvalue weighted by atomic mass is 10.2. The molecule has 0 bridgehead atoms. The van der Waals surface area contributed by atoms with Gasteiger partial charge >= 0.3 is 5.97 Å². The molecule has 0 unspecified atom stereocenters. The van der Waals surface area contributed by atoms with E-state index in [1.54, 1.807) is 24.3 Å². The van der Waals surface area contributed by atoms with E-state index in [0.717, 1.165) is 16.6 Å². The van der Waals surface area contributed by atoms with Crippen molar-refractivity contribution in [1.82, 2.24) is 0 Å². The summed E-state index contributed by atoms with van der Waals surface area (Å²) in [5.74, 6) is 0.286. The van der Waals surface area contributed by atoms with E-state index in [-0.39, 0.29) is 5.97 Å². The monoisotopic (exact) mass is 431 g/mol. The Labute approximate surface area is 159 Å². The van der Waals surface area contributed by atoms with Crippen molar-refractivity contribution in [3.8, 4) is 5.75 Å². The molecule has 0 saturated carbocycles. The van der Waals surface area contributed by atoms with Gasteiger partial charge in [0.15, 0.2) is 0 Å². The molecular formula is C17H16BrCl2NO3. The van der Waals surface area contributed by atoms with E-state index in [1.165, 1.54) is 7.11 Å². The van der Waals surface area contributed by atoms with Crippen molar-refractivity contribution in [1.29, 1.82) is 0 Å². The van der Waals surface area contributed by atoms with Gasteiger partial charge in [-0.2, -0.15) is 0 Å². The SMILES string of the molecule is COC(=O)c1cc(Br)ccc1NCCCOc1ccc(Cl)c(Cl)c1. The zero-order valence-corrected chi connectivity index (χ0v) is 16.0. The third-order valence-electron chi connectivity index (χ3n) is 3.18. The third kappa shape index (κ3) is 5.30. The van der Waals surface area contributed by atoms with Crippen molar-refractivity contribution in [2.24, 2.45) is 0 Å². The van der Waals surface area contributed by atoms with Crippen LogP contribution in [-0.4, -0.2) is 26.2 Å². The molecule has 2 rings (SSSR count). The summed E-state index contributed by atoms with van der Waals surface area (Å²) in [7, 11) is 1.36. The number of benzene rings is 2. The van der Waals surface area contributed by atoms with Gasteiger partial charge in [-0.1, -0.05) is 39.1 Å². The van der Waals surface area contributed by atoms with Gasteiger partial charge in [-0.15, -0.1) is 0 Å². The van der Waals surface area contributed by atoms with Crippen molar-refractivity contribution in [2.75, 3.05) is 25.6 Å². The number of halogens is 3. The number of hydrogen-bond donors (Lipinski definition) is 1. The molecule has 2 aromatic carbocycles. The summed E-state index contributed by atoms with van der Waals surface area (Å²) in [5.41, 5.74) is 1.21. The van der Waals surface area contributed by atoms with Gasteiger partial charge in [-0.25, -0.2) is 4.79 Å². The van der Waals surface area contributed by atoms with Crippen LogP contribution in [0.3, 0.4) is 0 Å². The van der Waals surface area contributed by atoms with Crippen LogP contribution < -0.4 is 10.1 Å². The van der Waals surface area contributed by atoms with Gasteiger partial charge in [0.05, 0.1) is 29.3 Å². The maximum Gasteiger partial charge on any atom is 0.340 e. The van der Waals surface area contributed by atoms with Crippen LogP contribution in [0.1, 0.15) is 16.8 Å². The normalized spacial score (nSPS) is 10.3. The quantitative estimate of drug-likeness (QED) is 0.468. The van der Waals surface area contributed by atoms with Crippen LogP contribution in [0.2, 0.25) is 10.0 Å². The fourth-order valence-electron chi connectivity index (χ4n) is 2.00. The number of methoxy groups -OCH3 is 1. The molecule has 0 radical (unpaired) electrons. The summed E-state index contributed by atoms with van der Waals surface area (Å²) in [4.78, 5) is 11.8. The maximum absolute atomic E-state index is 11.8. The molecule has 0 aromatic heterocycles. The van der Waals surface area contributed by atoms with Gasteiger partial charge in [-0.3, -0.25) is 0 Å². The molecular weight excluding hydrogens is 417 g/mol. The standard InChI is InChI=1S/C17H16BrCl2NO3/c1-23-17(22)13-9-11(18)3-6-16(13)21-7-2-8-24-12-4-5-14(19)15(20)10-12/h3-6,9-10,21H,2,7-8H2,1H3. The molecule has 0 spiro atoms. The summed E-state index contributed by atoms with van der Waals surface area (Å²) in [5, 5.41) is 4.17. The van der Waals surface area contributed by atoms with Gasteiger partial charge in [-0.05, 0) is 36.8 Å². The number of hydrogen-bond acceptors (Lipinski definition) is 4. The van der Waals surface area contributed by atoms with Gasteiger partial charge in [0.25, 0.3) is 0 Å². The lowest BCUT2D eigenvalue weighted by Crippen LogP contribution is -2.11. The van der Waals surface area contributed by atoms with Crippen LogP contribution >= 0.6 is 39.1 Å².